The summed E-state index contributed by atoms with van der Waals surface area (Å²) in [5.41, 5.74) is 8.99. The minimum absolute atomic E-state index is 0.0178. The molecule has 0 saturated carbocycles. The predicted molar refractivity (Wildman–Crippen MR) is 463 cm³/mol. The molecule has 3 aliphatic heterocycles. The highest BCUT2D eigenvalue weighted by Crippen LogP contribution is 2.28. The van der Waals surface area contributed by atoms with Crippen molar-refractivity contribution in [2.24, 2.45) is 17.6 Å². The monoisotopic (exact) mass is 1750 g/mol. The molecule has 0 bridgehead atoms. The third-order valence-electron chi connectivity index (χ3n) is 23.2. The molecule has 3 aromatic heterocycles. The van der Waals surface area contributed by atoms with Crippen molar-refractivity contribution >= 4 is 116 Å². The third kappa shape index (κ3) is 26.4. The van der Waals surface area contributed by atoms with Gasteiger partial charge in [0.05, 0.1) is 37.6 Å². The first-order valence-corrected chi connectivity index (χ1v) is 43.2. The molecule has 3 saturated heterocycles. The molecule has 0 unspecified atom stereocenters. The van der Waals surface area contributed by atoms with Crippen LogP contribution in [0, 0.1) is 11.8 Å². The molecule has 0 spiro atoms. The first-order chi connectivity index (χ1) is 60.0. The van der Waals surface area contributed by atoms with Crippen LogP contribution in [0.4, 0.5) is 0 Å². The second kappa shape index (κ2) is 45.7. The number of unbranched alkanes of at least 4 members (excludes halogenated alkanes) is 2. The Morgan fingerprint density at radius 1 is 0.508 bits per heavy atom. The number of rotatable bonds is 20. The molecular weight excluding hydrogens is 1630 g/mol. The molecule has 17 N–H and O–H groups in total. The van der Waals surface area contributed by atoms with Crippen LogP contribution < -0.4 is 58.9 Å². The van der Waals surface area contributed by atoms with Crippen molar-refractivity contribution < 1.29 is 86.9 Å². The topological polar surface area (TPSA) is 536 Å². The molecule has 9 rings (SSSR count). The van der Waals surface area contributed by atoms with Crippen LogP contribution in [0.2, 0.25) is 0 Å². The molecular formula is C88H122N20O18. The zero-order valence-electron chi connectivity index (χ0n) is 73.1. The molecule has 3 fully saturated rings. The summed E-state index contributed by atoms with van der Waals surface area (Å²) in [4.78, 5) is 253. The standard InChI is InChI=1S/C88H122N20O18/c1-11-13-24-69-81(119)99-62(34-49(3)4)78(116)94-45-75(113)91-32-31-74(112)97-66(36-52-27-29-56(109)30-28-52)84(122)104(8)51(7)77(115)102-68(41-73(89)111)86(124)107-33-19-26-70(107)82(120)101-64(39-55-44-90-48-96-55)80(118)103-65(35-50(5)6)87(125)108-47-57(110)40-72(108)83(121)100-63(37-53-42-92-60-22-17-15-20-58(53)60)79(117)95-46-76(114)98-67(38-54-43-93-61-23-18-16-21-59(54)61)85(123)106(10)71(25-14-12-2)88(126)105(69)9/h15-18,20-23,27-30,42-44,48-51,57,62-72,92-93,109-110H,11-14,19,24-26,31-41,45-47H2,1-10H3,(H2,89,111)(H,90,96)(H,91,113)(H,94,116)(H,95,117)(H,97,112)(H,98,114)(H,99,119)(H,100,121)(H,101,120)(H,102,115)(H,103,118)/t51-,57+,62-,63-,64-,65-,66-,67-,68-,69-,70-,71-,72-/m0/s1. The van der Waals surface area contributed by atoms with Gasteiger partial charge in [0.15, 0.2) is 0 Å². The van der Waals surface area contributed by atoms with Gasteiger partial charge in [-0.15, -0.1) is 0 Å². The summed E-state index contributed by atoms with van der Waals surface area (Å²) >= 11 is 0. The number of carbonyl (C=O) groups excluding carboxylic acids is 16. The number of nitrogens with one attached hydrogen (secondary N) is 13. The maximum atomic E-state index is 15.5. The van der Waals surface area contributed by atoms with Crippen molar-refractivity contribution in [3.63, 3.8) is 0 Å². The van der Waals surface area contributed by atoms with Crippen LogP contribution in [0.25, 0.3) is 21.8 Å². The van der Waals surface area contributed by atoms with Crippen molar-refractivity contribution in [1.82, 2.24) is 97.6 Å². The quantitative estimate of drug-likeness (QED) is 0.0489. The number of likely N-dealkylation sites (N-methyl/N-ethyl adjacent to an activating group) is 3. The number of nitrogens with two attached hydrogens (primary N) is 1. The number of hydrogen-bond donors (Lipinski definition) is 16. The van der Waals surface area contributed by atoms with Crippen molar-refractivity contribution in [2.75, 3.05) is 53.9 Å². The minimum Gasteiger partial charge on any atom is -0.508 e. The summed E-state index contributed by atoms with van der Waals surface area (Å²) in [6, 6.07) is 3.17. The summed E-state index contributed by atoms with van der Waals surface area (Å²) in [7, 11) is 4.11. The summed E-state index contributed by atoms with van der Waals surface area (Å²) in [5, 5.41) is 49.9. The Morgan fingerprint density at radius 3 is 1.63 bits per heavy atom. The molecule has 0 radical (unpaired) electrons. The van der Waals surface area contributed by atoms with E-state index in [0.717, 1.165) is 20.1 Å². The first-order valence-electron chi connectivity index (χ1n) is 43.2. The summed E-state index contributed by atoms with van der Waals surface area (Å²) in [5.74, 6) is -14.0. The van der Waals surface area contributed by atoms with Gasteiger partial charge in [0.2, 0.25) is 94.5 Å². The van der Waals surface area contributed by atoms with Gasteiger partial charge in [-0.05, 0) is 98.2 Å². The van der Waals surface area contributed by atoms with E-state index < -0.39 is 206 Å². The number of nitrogens with zero attached hydrogens (tertiary/aromatic N) is 6. The van der Waals surface area contributed by atoms with Crippen molar-refractivity contribution in [3.05, 3.63) is 120 Å². The van der Waals surface area contributed by atoms with Gasteiger partial charge in [-0.2, -0.15) is 0 Å². The number of amides is 16. The number of aromatic hydroxyl groups is 1. The molecule has 13 atom stereocenters. The van der Waals surface area contributed by atoms with E-state index in [0.29, 0.717) is 58.8 Å². The lowest BCUT2D eigenvalue weighted by atomic mass is 9.99. The lowest BCUT2D eigenvalue weighted by Crippen LogP contribution is -2.60. The third-order valence-corrected chi connectivity index (χ3v) is 23.2. The Morgan fingerprint density at radius 2 is 1.02 bits per heavy atom. The van der Waals surface area contributed by atoms with Crippen molar-refractivity contribution in [2.45, 2.75) is 236 Å². The highest BCUT2D eigenvalue weighted by molar-refractivity contribution is 6.02. The molecule has 3 aliphatic rings. The smallest absolute Gasteiger partial charge is 0.246 e. The fourth-order valence-corrected chi connectivity index (χ4v) is 16.2. The Bertz CT molecular complexity index is 4860. The van der Waals surface area contributed by atoms with Crippen LogP contribution in [0.15, 0.2) is 97.7 Å². The Hall–Kier alpha value is -12.8. The van der Waals surface area contributed by atoms with E-state index in [9.17, 15) is 63.0 Å². The number of benzene rings is 3. The number of phenolic OH excluding ortho intramolecular Hbond substituents is 1. The van der Waals surface area contributed by atoms with Gasteiger partial charge in [0.1, 0.15) is 78.3 Å². The van der Waals surface area contributed by atoms with Crippen LogP contribution >= 0.6 is 0 Å². The lowest BCUT2D eigenvalue weighted by Gasteiger charge is -2.36. The number of aliphatic hydroxyl groups excluding tert-OH is 1. The van der Waals surface area contributed by atoms with Crippen LogP contribution in [-0.2, 0) is 102 Å². The molecule has 38 nitrogen and oxygen atoms in total. The minimum atomic E-state index is -1.73. The number of phenols is 1. The summed E-state index contributed by atoms with van der Waals surface area (Å²) in [6.07, 6.45) is 4.99. The number of aromatic amines is 3. The van der Waals surface area contributed by atoms with E-state index in [1.807, 2.05) is 45.9 Å². The van der Waals surface area contributed by atoms with Crippen molar-refractivity contribution in [1.29, 1.82) is 0 Å². The fraction of sp³-hybridized carbons (Fsp3) is 0.534. The summed E-state index contributed by atoms with van der Waals surface area (Å²) < 4.78 is 0. The SMILES string of the molecule is CCCC[C@H]1C(=O)N(C)[C@@H](CCCC)C(=O)N[C@@H](CC(C)C)C(=O)NCC(=O)NCCC(=O)N[C@@H](Cc2ccc(O)cc2)C(=O)N(C)[C@@H](C)C(=O)N[C@@H](CC(N)=O)C(=O)N2CCC[C@H]2C(=O)N[C@@H](Cc2c[nH]cn2)C(=O)N[C@@H](CC(C)C)C(=O)N2C[C@H](O)C[C@H]2C(=O)N[C@@H](Cc2c[nH]c3ccccc23)C(=O)NCC(=O)N[C@@H](Cc2c[nH]c3ccccc23)C(=O)N1C. The number of fused-ring (bicyclic) bond motifs is 4. The fourth-order valence-electron chi connectivity index (χ4n) is 16.2. The zero-order valence-corrected chi connectivity index (χ0v) is 73.1. The number of carbonyl (C=O) groups is 16. The predicted octanol–water partition coefficient (Wildman–Crippen LogP) is 0.296. The van der Waals surface area contributed by atoms with Crippen LogP contribution in [0.1, 0.15) is 154 Å². The zero-order chi connectivity index (χ0) is 91.8. The molecule has 3 aromatic carbocycles. The van der Waals surface area contributed by atoms with E-state index in [1.54, 1.807) is 56.6 Å². The maximum absolute atomic E-state index is 15.5. The van der Waals surface area contributed by atoms with Gasteiger partial charge in [0, 0.05) is 120 Å². The van der Waals surface area contributed by atoms with Crippen LogP contribution in [-0.4, -0.2) is 282 Å². The van der Waals surface area contributed by atoms with Gasteiger partial charge in [0.25, 0.3) is 0 Å². The van der Waals surface area contributed by atoms with Crippen LogP contribution in [0.3, 0.4) is 0 Å². The largest absolute Gasteiger partial charge is 0.508 e. The molecule has 16 amide bonds. The lowest BCUT2D eigenvalue weighted by molar-refractivity contribution is -0.149. The molecule has 0 aliphatic carbocycles. The van der Waals surface area contributed by atoms with Gasteiger partial charge in [-0.1, -0.05) is 116 Å². The normalized spacial score (nSPS) is 24.8. The number of aliphatic hydroxyl groups is 1. The van der Waals surface area contributed by atoms with Gasteiger partial charge < -0.3 is 109 Å². The van der Waals surface area contributed by atoms with Gasteiger partial charge in [-0.25, -0.2) is 4.98 Å². The molecule has 6 aromatic rings. The molecule has 682 valence electrons. The van der Waals surface area contributed by atoms with E-state index in [2.05, 4.69) is 73.1 Å². The number of H-pyrrole nitrogens is 3. The van der Waals surface area contributed by atoms with Gasteiger partial charge in [-0.3, -0.25) is 76.7 Å². The van der Waals surface area contributed by atoms with Crippen molar-refractivity contribution in [3.8, 4) is 5.75 Å². The Kier molecular flexibility index (Phi) is 35.2. The average molecular weight is 1750 g/mol. The average Bonchev–Trinajstić information content (AvgIpc) is 1.64. The Labute approximate surface area is 731 Å². The molecule has 38 heteroatoms. The number of hydrogen-bond acceptors (Lipinski definition) is 19. The number of primary amides is 1. The number of aromatic nitrogens is 4. The first kappa shape index (κ1) is 97.0. The van der Waals surface area contributed by atoms with E-state index in [1.165, 1.54) is 74.7 Å². The number of imidazole rings is 1. The van der Waals surface area contributed by atoms with E-state index in [4.69, 9.17) is 5.73 Å². The highest BCUT2D eigenvalue weighted by atomic mass is 16.3. The number of para-hydroxylation sites is 2. The van der Waals surface area contributed by atoms with Crippen LogP contribution in [0.5, 0.6) is 5.75 Å². The summed E-state index contributed by atoms with van der Waals surface area (Å²) in [6.45, 7) is 10.1. The second-order valence-electron chi connectivity index (χ2n) is 33.7. The highest BCUT2D eigenvalue weighted by Gasteiger charge is 2.46. The molecule has 6 heterocycles. The maximum Gasteiger partial charge on any atom is 0.246 e. The van der Waals surface area contributed by atoms with E-state index in [-0.39, 0.29) is 107 Å². The van der Waals surface area contributed by atoms with Gasteiger partial charge >= 0.3 is 0 Å². The molecule has 126 heavy (non-hydrogen) atoms. The second-order valence-corrected chi connectivity index (χ2v) is 33.7. The van der Waals surface area contributed by atoms with E-state index >= 15 is 24.0 Å². The Balaban J connectivity index is 1.04.